The van der Waals surface area contributed by atoms with Crippen LogP contribution in [0, 0.1) is 47.3 Å². The molecule has 4 aromatic carbocycles. The molecule has 0 radical (unpaired) electrons. The summed E-state index contributed by atoms with van der Waals surface area (Å²) >= 11 is 5.43. The number of carbonyl (C=O) groups excluding carboxylic acids is 2. The number of benzene rings is 4. The second kappa shape index (κ2) is 16.1. The van der Waals surface area contributed by atoms with Crippen molar-refractivity contribution >= 4 is 66.8 Å². The number of rotatable bonds is 12. The van der Waals surface area contributed by atoms with E-state index in [1.54, 1.807) is 0 Å². The van der Waals surface area contributed by atoms with E-state index in [1.807, 2.05) is 48.5 Å². The molecular weight excluding hydrogens is 1080 g/mol. The number of hydrogen-bond donors (Lipinski definition) is 0. The van der Waals surface area contributed by atoms with E-state index in [1.165, 1.54) is 71.4 Å². The van der Waals surface area contributed by atoms with E-state index in [4.69, 9.17) is 18.9 Å². The summed E-state index contributed by atoms with van der Waals surface area (Å²) in [5.41, 5.74) is 3.25. The summed E-state index contributed by atoms with van der Waals surface area (Å²) in [6, 6.07) is 33.6. The Morgan fingerprint density at radius 3 is 1.20 bits per heavy atom. The number of halogens is 2. The molecule has 8 saturated carbocycles. The molecular formula is C50H54I2O6Te. The van der Waals surface area contributed by atoms with Crippen LogP contribution in [-0.2, 0) is 19.1 Å². The Morgan fingerprint density at radius 2 is 0.864 bits per heavy atom. The average molecular weight is 1130 g/mol. The predicted octanol–water partition coefficient (Wildman–Crippen LogP) is 10.7. The number of hydrogen-bond acceptors (Lipinski definition) is 6. The molecule has 8 bridgehead atoms. The Kier molecular flexibility index (Phi) is 11.1. The van der Waals surface area contributed by atoms with Crippen LogP contribution < -0.4 is 16.7 Å². The molecule has 0 saturated heterocycles. The van der Waals surface area contributed by atoms with Gasteiger partial charge in [0.25, 0.3) is 0 Å². The van der Waals surface area contributed by atoms with Crippen LogP contribution in [0.25, 0.3) is 22.3 Å². The van der Waals surface area contributed by atoms with Gasteiger partial charge in [0.05, 0.1) is 0 Å². The van der Waals surface area contributed by atoms with Crippen molar-refractivity contribution in [3.05, 3.63) is 97.1 Å². The van der Waals surface area contributed by atoms with E-state index in [0.717, 1.165) is 45.9 Å². The molecule has 6 nitrogen and oxygen atoms in total. The molecule has 0 unspecified atom stereocenters. The maximum absolute atomic E-state index is 13.5. The Bertz CT molecular complexity index is 2010. The van der Waals surface area contributed by atoms with Crippen LogP contribution in [0.1, 0.15) is 78.1 Å². The van der Waals surface area contributed by atoms with Crippen LogP contribution in [-0.4, -0.2) is 46.6 Å². The van der Waals surface area contributed by atoms with Crippen molar-refractivity contribution in [1.82, 2.24) is 0 Å². The molecule has 59 heavy (non-hydrogen) atoms. The average Bonchev–Trinajstić information content (AvgIpc) is 3.23. The van der Waals surface area contributed by atoms with E-state index < -0.39 is 10.3 Å². The SMILES string of the molecule is CC1(OC(=O)COc2ccc([Te](I)(I)c3ccc(OCC(=O)OC4(C)C5CC6CC(C5)CC4C6)c(-c4ccccc4)c3)cc2-c2ccccc2)C2CC3CC(C2)CC1C3. The first-order chi connectivity index (χ1) is 28.4. The fourth-order valence-corrected chi connectivity index (χ4v) is 23.8. The first kappa shape index (κ1) is 40.7. The van der Waals surface area contributed by atoms with Crippen LogP contribution in [0.5, 0.6) is 11.5 Å². The van der Waals surface area contributed by atoms with Gasteiger partial charge in [0.1, 0.15) is 0 Å². The van der Waals surface area contributed by atoms with Crippen molar-refractivity contribution in [1.29, 1.82) is 0 Å². The summed E-state index contributed by atoms with van der Waals surface area (Å²) in [5, 5.41) is 0. The molecule has 12 rings (SSSR count). The van der Waals surface area contributed by atoms with Crippen molar-refractivity contribution in [3.8, 4) is 33.8 Å². The Hall–Kier alpha value is -2.33. The number of ether oxygens (including phenoxy) is 4. The molecule has 0 amide bonds. The summed E-state index contributed by atoms with van der Waals surface area (Å²) in [7, 11) is -3.08. The predicted molar refractivity (Wildman–Crippen MR) is 251 cm³/mol. The molecule has 0 aromatic heterocycles. The standard InChI is InChI=1S/C50H54I2O6Te/c1-49(37-19-31-17-32(21-37)22-38(49)20-31)57-47(53)29-55-45-15-13-41(27-43(45)35-9-5-3-6-10-35)59(51,52)42-14-16-46(44(28-42)36-11-7-4-8-12-36)56-30-48(54)58-50(2)39-23-33-18-34(25-39)26-40(50)24-33/h3-16,27-28,31-34,37-40H,17-26,29-30H2,1-2H3. The second-order valence-corrected chi connectivity index (χ2v) is 53.4. The van der Waals surface area contributed by atoms with E-state index in [2.05, 4.69) is 99.8 Å². The molecule has 4 aromatic rings. The van der Waals surface area contributed by atoms with Gasteiger partial charge in [0.2, 0.25) is 0 Å². The van der Waals surface area contributed by atoms with Crippen molar-refractivity contribution < 1.29 is 28.5 Å². The molecule has 0 heterocycles. The molecule has 8 aliphatic rings. The first-order valence-corrected chi connectivity index (χ1v) is 37.7. The Morgan fingerprint density at radius 1 is 0.525 bits per heavy atom. The summed E-state index contributed by atoms with van der Waals surface area (Å²) in [6.07, 6.45) is 12.2. The first-order valence-electron chi connectivity index (χ1n) is 21.8. The van der Waals surface area contributed by atoms with Gasteiger partial charge in [-0.1, -0.05) is 0 Å². The van der Waals surface area contributed by atoms with Crippen LogP contribution in [0.4, 0.5) is 0 Å². The molecule has 0 N–H and O–H groups in total. The van der Waals surface area contributed by atoms with Gasteiger partial charge in [0.15, 0.2) is 0 Å². The monoisotopic (exact) mass is 1130 g/mol. The normalized spacial score (nSPS) is 32.7. The van der Waals surface area contributed by atoms with Gasteiger partial charge in [-0.15, -0.1) is 0 Å². The van der Waals surface area contributed by atoms with Gasteiger partial charge in [0, 0.05) is 0 Å². The van der Waals surface area contributed by atoms with Gasteiger partial charge in [-0.25, -0.2) is 0 Å². The zero-order valence-electron chi connectivity index (χ0n) is 34.0. The second-order valence-electron chi connectivity index (χ2n) is 19.0. The third-order valence-electron chi connectivity index (χ3n) is 15.5. The molecule has 8 aliphatic carbocycles. The summed E-state index contributed by atoms with van der Waals surface area (Å²) < 4.78 is 28.0. The minimum atomic E-state index is -3.08. The quantitative estimate of drug-likeness (QED) is 0.0800. The van der Waals surface area contributed by atoms with E-state index >= 15 is 0 Å². The number of esters is 2. The van der Waals surface area contributed by atoms with Crippen molar-refractivity contribution in [2.24, 2.45) is 47.3 Å². The fourth-order valence-electron chi connectivity index (χ4n) is 12.8. The van der Waals surface area contributed by atoms with E-state index in [0.29, 0.717) is 35.2 Å². The van der Waals surface area contributed by atoms with Crippen molar-refractivity contribution in [2.75, 3.05) is 13.2 Å². The Labute approximate surface area is 372 Å². The minimum absolute atomic E-state index is 0.112. The third-order valence-corrected chi connectivity index (χ3v) is 34.0. The zero-order chi connectivity index (χ0) is 40.5. The van der Waals surface area contributed by atoms with Crippen LogP contribution in [0.3, 0.4) is 0 Å². The van der Waals surface area contributed by atoms with Crippen molar-refractivity contribution in [2.45, 2.75) is 89.3 Å². The molecule has 0 aliphatic heterocycles. The molecule has 9 heteroatoms. The Balaban J connectivity index is 0.878. The molecule has 0 spiro atoms. The van der Waals surface area contributed by atoms with Gasteiger partial charge < -0.3 is 0 Å². The van der Waals surface area contributed by atoms with Crippen LogP contribution in [0.2, 0.25) is 0 Å². The zero-order valence-corrected chi connectivity index (χ0v) is 40.6. The van der Waals surface area contributed by atoms with Crippen molar-refractivity contribution in [3.63, 3.8) is 0 Å². The van der Waals surface area contributed by atoms with Gasteiger partial charge in [-0.05, 0) is 12.8 Å². The maximum atomic E-state index is 13.5. The molecule has 310 valence electrons. The van der Waals surface area contributed by atoms with Gasteiger partial charge in [-0.3, -0.25) is 0 Å². The topological polar surface area (TPSA) is 71.1 Å². The molecule has 0 atom stereocenters. The van der Waals surface area contributed by atoms with E-state index in [-0.39, 0.29) is 36.4 Å². The van der Waals surface area contributed by atoms with Gasteiger partial charge in [-0.2, -0.15) is 0 Å². The summed E-state index contributed by atoms with van der Waals surface area (Å²) in [4.78, 5) is 27.0. The van der Waals surface area contributed by atoms with Crippen LogP contribution in [0.15, 0.2) is 97.1 Å². The molecule has 8 fully saturated rings. The van der Waals surface area contributed by atoms with Crippen LogP contribution >= 0.6 is 37.4 Å². The number of carbonyl (C=O) groups is 2. The van der Waals surface area contributed by atoms with Gasteiger partial charge >= 0.3 is 363 Å². The third kappa shape index (κ3) is 7.77. The summed E-state index contributed by atoms with van der Waals surface area (Å²) in [6.45, 7) is 4.15. The summed E-state index contributed by atoms with van der Waals surface area (Å²) in [5.74, 6) is 5.93. The fraction of sp³-hybridized carbons (Fsp3) is 0.480. The van der Waals surface area contributed by atoms with E-state index in [9.17, 15) is 9.59 Å².